The minimum absolute atomic E-state index is 0.326. The highest BCUT2D eigenvalue weighted by Gasteiger charge is 2.17. The third-order valence-corrected chi connectivity index (χ3v) is 2.67. The van der Waals surface area contributed by atoms with E-state index in [1.165, 1.54) is 5.56 Å². The second kappa shape index (κ2) is 3.98. The molecule has 1 atom stereocenters. The molecule has 0 fully saturated rings. The van der Waals surface area contributed by atoms with Gasteiger partial charge >= 0.3 is 0 Å². The number of aromatic nitrogens is 3. The van der Waals surface area contributed by atoms with Crippen LogP contribution in [-0.2, 0) is 0 Å². The fraction of sp³-hybridized carbons (Fsp3) is 0.455. The first-order valence-electron chi connectivity index (χ1n) is 5.18. The Morgan fingerprint density at radius 3 is 2.80 bits per heavy atom. The fourth-order valence-corrected chi connectivity index (χ4v) is 1.94. The van der Waals surface area contributed by atoms with E-state index >= 15 is 0 Å². The number of hydrogen-bond acceptors (Lipinski definition) is 3. The Kier molecular flexibility index (Phi) is 2.68. The summed E-state index contributed by atoms with van der Waals surface area (Å²) in [6, 6.07) is 0.326. The van der Waals surface area contributed by atoms with Gasteiger partial charge in [0.05, 0.1) is 17.9 Å². The topological polar surface area (TPSA) is 42.2 Å². The largest absolute Gasteiger partial charge is 0.313 e. The molecule has 0 amide bonds. The summed E-state index contributed by atoms with van der Waals surface area (Å²) in [6.45, 7) is 4.39. The first-order chi connectivity index (χ1) is 7.24. The summed E-state index contributed by atoms with van der Waals surface area (Å²) in [5.41, 5.74) is 2.28. The molecule has 0 aromatic carbocycles. The molecule has 0 saturated heterocycles. The Labute approximate surface area is 89.3 Å². The molecule has 15 heavy (non-hydrogen) atoms. The predicted molar refractivity (Wildman–Crippen MR) is 59.6 cm³/mol. The summed E-state index contributed by atoms with van der Waals surface area (Å²) in [5, 5.41) is 7.62. The van der Waals surface area contributed by atoms with Gasteiger partial charge in [0, 0.05) is 24.0 Å². The highest BCUT2D eigenvalue weighted by atomic mass is 15.2. The summed E-state index contributed by atoms with van der Waals surface area (Å²) in [5.74, 6) is 0.531. The number of hydrogen-bond donors (Lipinski definition) is 1. The molecule has 0 saturated carbocycles. The number of fused-ring (bicyclic) bond motifs is 1. The predicted octanol–water partition coefficient (Wildman–Crippen LogP) is 1.65. The quantitative estimate of drug-likeness (QED) is 0.826. The van der Waals surface area contributed by atoms with E-state index in [1.54, 1.807) is 6.20 Å². The molecule has 2 aromatic rings. The molecule has 2 rings (SSSR count). The zero-order valence-electron chi connectivity index (χ0n) is 9.31. The molecule has 1 unspecified atom stereocenters. The van der Waals surface area contributed by atoms with Crippen LogP contribution in [-0.4, -0.2) is 21.6 Å². The van der Waals surface area contributed by atoms with E-state index in [0.717, 1.165) is 5.52 Å². The minimum atomic E-state index is 0.326. The van der Waals surface area contributed by atoms with Gasteiger partial charge in [0.25, 0.3) is 0 Å². The molecule has 0 bridgehead atoms. The zero-order valence-corrected chi connectivity index (χ0v) is 9.31. The van der Waals surface area contributed by atoms with Crippen LogP contribution in [0.5, 0.6) is 0 Å². The van der Waals surface area contributed by atoms with Crippen molar-refractivity contribution in [3.8, 4) is 0 Å². The van der Waals surface area contributed by atoms with Crippen LogP contribution < -0.4 is 5.32 Å². The summed E-state index contributed by atoms with van der Waals surface area (Å²) in [7, 11) is 1.98. The van der Waals surface area contributed by atoms with Crippen LogP contribution in [0.15, 0.2) is 24.8 Å². The molecule has 80 valence electrons. The van der Waals surface area contributed by atoms with E-state index in [2.05, 4.69) is 29.2 Å². The van der Waals surface area contributed by atoms with Crippen molar-refractivity contribution in [2.75, 3.05) is 7.05 Å². The third-order valence-electron chi connectivity index (χ3n) is 2.67. The maximum Gasteiger partial charge on any atom is 0.0892 e. The van der Waals surface area contributed by atoms with Crippen molar-refractivity contribution >= 4 is 5.52 Å². The minimum Gasteiger partial charge on any atom is -0.313 e. The number of nitrogens with one attached hydrogen (secondary N) is 1. The fourth-order valence-electron chi connectivity index (χ4n) is 1.94. The number of rotatable bonds is 3. The molecule has 0 aliphatic rings. The summed E-state index contributed by atoms with van der Waals surface area (Å²) in [6.07, 6.45) is 7.38. The average Bonchev–Trinajstić information content (AvgIpc) is 2.63. The maximum atomic E-state index is 4.31. The monoisotopic (exact) mass is 204 g/mol. The summed E-state index contributed by atoms with van der Waals surface area (Å²) in [4.78, 5) is 4.13. The summed E-state index contributed by atoms with van der Waals surface area (Å²) >= 11 is 0. The van der Waals surface area contributed by atoms with Crippen molar-refractivity contribution in [2.24, 2.45) is 5.92 Å². The van der Waals surface area contributed by atoms with Gasteiger partial charge in [-0.1, -0.05) is 13.8 Å². The molecular formula is C11H16N4. The maximum absolute atomic E-state index is 4.31. The van der Waals surface area contributed by atoms with Crippen molar-refractivity contribution in [3.05, 3.63) is 30.4 Å². The van der Waals surface area contributed by atoms with Crippen LogP contribution in [0, 0.1) is 5.92 Å². The summed E-state index contributed by atoms with van der Waals surface area (Å²) < 4.78 is 1.86. The van der Waals surface area contributed by atoms with Crippen LogP contribution in [0.25, 0.3) is 5.52 Å². The van der Waals surface area contributed by atoms with Gasteiger partial charge < -0.3 is 5.32 Å². The van der Waals surface area contributed by atoms with Gasteiger partial charge in [-0.05, 0) is 13.0 Å². The van der Waals surface area contributed by atoms with Gasteiger partial charge in [-0.3, -0.25) is 4.98 Å². The molecule has 4 heteroatoms. The lowest BCUT2D eigenvalue weighted by Gasteiger charge is -2.18. The van der Waals surface area contributed by atoms with Gasteiger partial charge in [-0.2, -0.15) is 5.10 Å². The van der Waals surface area contributed by atoms with Crippen molar-refractivity contribution in [1.29, 1.82) is 0 Å². The molecule has 0 spiro atoms. The lowest BCUT2D eigenvalue weighted by atomic mass is 9.98. The molecule has 0 aliphatic heterocycles. The van der Waals surface area contributed by atoms with Crippen LogP contribution in [0.3, 0.4) is 0 Å². The van der Waals surface area contributed by atoms with Gasteiger partial charge in [0.1, 0.15) is 0 Å². The van der Waals surface area contributed by atoms with E-state index in [-0.39, 0.29) is 0 Å². The smallest absolute Gasteiger partial charge is 0.0892 e. The Balaban J connectivity index is 2.51. The molecule has 4 nitrogen and oxygen atoms in total. The van der Waals surface area contributed by atoms with Gasteiger partial charge in [-0.25, -0.2) is 4.52 Å². The molecule has 2 heterocycles. The van der Waals surface area contributed by atoms with Gasteiger partial charge in [-0.15, -0.1) is 0 Å². The van der Waals surface area contributed by atoms with E-state index in [4.69, 9.17) is 0 Å². The van der Waals surface area contributed by atoms with Gasteiger partial charge in [0.2, 0.25) is 0 Å². The first kappa shape index (κ1) is 10.1. The Bertz CT molecular complexity index is 447. The van der Waals surface area contributed by atoms with Crippen LogP contribution in [0.2, 0.25) is 0 Å². The second-order valence-corrected chi connectivity index (χ2v) is 4.02. The normalized spacial score (nSPS) is 13.6. The molecule has 0 radical (unpaired) electrons. The molecule has 0 aliphatic carbocycles. The van der Waals surface area contributed by atoms with Crippen LogP contribution >= 0.6 is 0 Å². The molecular weight excluding hydrogens is 188 g/mol. The van der Waals surface area contributed by atoms with Crippen LogP contribution in [0.1, 0.15) is 25.5 Å². The van der Waals surface area contributed by atoms with Crippen molar-refractivity contribution in [2.45, 2.75) is 19.9 Å². The number of nitrogens with zero attached hydrogens (tertiary/aromatic N) is 3. The van der Waals surface area contributed by atoms with E-state index in [9.17, 15) is 0 Å². The van der Waals surface area contributed by atoms with Crippen LogP contribution in [0.4, 0.5) is 0 Å². The average molecular weight is 204 g/mol. The van der Waals surface area contributed by atoms with Gasteiger partial charge in [0.15, 0.2) is 0 Å². The first-order valence-corrected chi connectivity index (χ1v) is 5.18. The highest BCUT2D eigenvalue weighted by molar-refractivity contribution is 5.53. The zero-order chi connectivity index (χ0) is 10.8. The lowest BCUT2D eigenvalue weighted by molar-refractivity contribution is 0.445. The van der Waals surface area contributed by atoms with E-state index in [1.807, 2.05) is 30.2 Å². The van der Waals surface area contributed by atoms with E-state index in [0.29, 0.717) is 12.0 Å². The van der Waals surface area contributed by atoms with E-state index < -0.39 is 0 Å². The molecule has 1 N–H and O–H groups in total. The van der Waals surface area contributed by atoms with Crippen molar-refractivity contribution in [3.63, 3.8) is 0 Å². The van der Waals surface area contributed by atoms with Crippen molar-refractivity contribution < 1.29 is 0 Å². The highest BCUT2D eigenvalue weighted by Crippen LogP contribution is 2.24. The second-order valence-electron chi connectivity index (χ2n) is 4.02. The SMILES string of the molecule is CNC(c1cnn2ccncc12)C(C)C. The molecule has 2 aromatic heterocycles. The standard InChI is InChI=1S/C11H16N4/c1-8(2)11(12-3)9-6-14-15-5-4-13-7-10(9)15/h4-8,11-12H,1-3H3. The Hall–Kier alpha value is -1.42. The Morgan fingerprint density at radius 1 is 1.33 bits per heavy atom. The lowest BCUT2D eigenvalue weighted by Crippen LogP contribution is -2.21. The Morgan fingerprint density at radius 2 is 2.13 bits per heavy atom. The third kappa shape index (κ3) is 1.72. The van der Waals surface area contributed by atoms with Crippen molar-refractivity contribution in [1.82, 2.24) is 19.9 Å².